The van der Waals surface area contributed by atoms with Crippen LogP contribution in [0.25, 0.3) is 0 Å². The molecule has 0 saturated carbocycles. The van der Waals surface area contributed by atoms with Crippen LogP contribution in [-0.4, -0.2) is 49.6 Å². The maximum atomic E-state index is 11.5. The van der Waals surface area contributed by atoms with E-state index in [1.54, 1.807) is 0 Å². The molecule has 0 unspecified atom stereocenters. The minimum Gasteiger partial charge on any atom is -0.355 e. The van der Waals surface area contributed by atoms with Crippen LogP contribution in [0.1, 0.15) is 39.5 Å². The third-order valence-electron chi connectivity index (χ3n) is 3.08. The lowest BCUT2D eigenvalue weighted by molar-refractivity contribution is -0.121. The van der Waals surface area contributed by atoms with Crippen molar-refractivity contribution >= 4 is 5.91 Å². The zero-order valence-corrected chi connectivity index (χ0v) is 11.3. The van der Waals surface area contributed by atoms with Gasteiger partial charge in [0.2, 0.25) is 5.91 Å². The summed E-state index contributed by atoms with van der Waals surface area (Å²) in [6, 6.07) is 0.508. The lowest BCUT2D eigenvalue weighted by Gasteiger charge is -2.14. The van der Waals surface area contributed by atoms with Crippen molar-refractivity contribution in [3.63, 3.8) is 0 Å². The Bertz CT molecular complexity index is 213. The second kappa shape index (κ2) is 8.48. The van der Waals surface area contributed by atoms with Gasteiger partial charge in [0.25, 0.3) is 0 Å². The molecule has 0 aliphatic carbocycles. The topological polar surface area (TPSA) is 44.4 Å². The van der Waals surface area contributed by atoms with E-state index in [4.69, 9.17) is 0 Å². The molecule has 4 nitrogen and oxygen atoms in total. The Labute approximate surface area is 105 Å². The molecule has 17 heavy (non-hydrogen) atoms. The van der Waals surface area contributed by atoms with Crippen molar-refractivity contribution in [2.75, 3.05) is 32.7 Å². The molecule has 1 rings (SSSR count). The first-order valence-corrected chi connectivity index (χ1v) is 6.91. The van der Waals surface area contributed by atoms with Gasteiger partial charge in [0.1, 0.15) is 0 Å². The summed E-state index contributed by atoms with van der Waals surface area (Å²) in [5, 5.41) is 6.30. The maximum absolute atomic E-state index is 11.5. The first kappa shape index (κ1) is 14.5. The van der Waals surface area contributed by atoms with Gasteiger partial charge < -0.3 is 15.5 Å². The van der Waals surface area contributed by atoms with Crippen LogP contribution in [0, 0.1) is 0 Å². The number of carbonyl (C=O) groups is 1. The highest BCUT2D eigenvalue weighted by Crippen LogP contribution is 2.05. The Morgan fingerprint density at radius 3 is 2.59 bits per heavy atom. The second-order valence-electron chi connectivity index (χ2n) is 5.11. The summed E-state index contributed by atoms with van der Waals surface area (Å²) in [5.41, 5.74) is 0. The van der Waals surface area contributed by atoms with Gasteiger partial charge in [0, 0.05) is 25.6 Å². The molecule has 0 bridgehead atoms. The highest BCUT2D eigenvalue weighted by Gasteiger charge is 2.10. The van der Waals surface area contributed by atoms with Crippen molar-refractivity contribution in [1.29, 1.82) is 0 Å². The Morgan fingerprint density at radius 2 is 1.94 bits per heavy atom. The predicted octanol–water partition coefficient (Wildman–Crippen LogP) is 0.977. The molecule has 1 aliphatic heterocycles. The molecule has 0 atom stereocenters. The average molecular weight is 241 g/mol. The highest BCUT2D eigenvalue weighted by atomic mass is 16.1. The van der Waals surface area contributed by atoms with E-state index in [9.17, 15) is 4.79 Å². The van der Waals surface area contributed by atoms with Crippen molar-refractivity contribution in [3.05, 3.63) is 0 Å². The summed E-state index contributed by atoms with van der Waals surface area (Å²) < 4.78 is 0. The summed E-state index contributed by atoms with van der Waals surface area (Å²) in [6.45, 7) is 9.39. The number of amides is 1. The fraction of sp³-hybridized carbons (Fsp3) is 0.923. The van der Waals surface area contributed by atoms with Crippen molar-refractivity contribution < 1.29 is 4.79 Å². The largest absolute Gasteiger partial charge is 0.355 e. The number of rotatable bonds is 8. The average Bonchev–Trinajstić information content (AvgIpc) is 2.77. The van der Waals surface area contributed by atoms with E-state index in [1.165, 1.54) is 25.9 Å². The molecule has 1 amide bonds. The van der Waals surface area contributed by atoms with Gasteiger partial charge in [0.05, 0.1) is 0 Å². The minimum absolute atomic E-state index is 0.190. The monoisotopic (exact) mass is 241 g/mol. The van der Waals surface area contributed by atoms with Crippen molar-refractivity contribution in [3.8, 4) is 0 Å². The fourth-order valence-corrected chi connectivity index (χ4v) is 2.09. The van der Waals surface area contributed by atoms with Crippen LogP contribution in [0.3, 0.4) is 0 Å². The zero-order chi connectivity index (χ0) is 12.5. The third-order valence-corrected chi connectivity index (χ3v) is 3.08. The highest BCUT2D eigenvalue weighted by molar-refractivity contribution is 5.75. The van der Waals surface area contributed by atoms with E-state index in [-0.39, 0.29) is 5.91 Å². The molecule has 1 heterocycles. The third kappa shape index (κ3) is 7.34. The van der Waals surface area contributed by atoms with E-state index < -0.39 is 0 Å². The quantitative estimate of drug-likeness (QED) is 0.623. The molecule has 0 aromatic heterocycles. The second-order valence-corrected chi connectivity index (χ2v) is 5.11. The molecule has 100 valence electrons. The standard InChI is InChI=1S/C13H27N3O/c1-12(2)14-7-5-6-13(17)15-8-11-16-9-3-4-10-16/h12,14H,3-11H2,1-2H3,(H,15,17). The van der Waals surface area contributed by atoms with Gasteiger partial charge in [-0.1, -0.05) is 13.8 Å². The molecule has 0 spiro atoms. The van der Waals surface area contributed by atoms with Crippen molar-refractivity contribution in [2.24, 2.45) is 0 Å². The fourth-order valence-electron chi connectivity index (χ4n) is 2.09. The summed E-state index contributed by atoms with van der Waals surface area (Å²) in [4.78, 5) is 13.9. The smallest absolute Gasteiger partial charge is 0.220 e. The number of nitrogens with one attached hydrogen (secondary N) is 2. The Morgan fingerprint density at radius 1 is 1.24 bits per heavy atom. The minimum atomic E-state index is 0.190. The molecule has 2 N–H and O–H groups in total. The number of hydrogen-bond donors (Lipinski definition) is 2. The van der Waals surface area contributed by atoms with Gasteiger partial charge in [0.15, 0.2) is 0 Å². The predicted molar refractivity (Wildman–Crippen MR) is 71.1 cm³/mol. The normalized spacial score (nSPS) is 16.6. The molecular weight excluding hydrogens is 214 g/mol. The first-order chi connectivity index (χ1) is 8.18. The molecule has 0 aromatic carbocycles. The van der Waals surface area contributed by atoms with Gasteiger partial charge >= 0.3 is 0 Å². The molecule has 4 heteroatoms. The molecule has 1 saturated heterocycles. The van der Waals surface area contributed by atoms with Gasteiger partial charge in [-0.05, 0) is 38.9 Å². The summed E-state index contributed by atoms with van der Waals surface area (Å²) in [7, 11) is 0. The van der Waals surface area contributed by atoms with Gasteiger partial charge in [-0.2, -0.15) is 0 Å². The lowest BCUT2D eigenvalue weighted by Crippen LogP contribution is -2.33. The first-order valence-electron chi connectivity index (χ1n) is 6.91. The zero-order valence-electron chi connectivity index (χ0n) is 11.3. The van der Waals surface area contributed by atoms with Crippen LogP contribution in [0.4, 0.5) is 0 Å². The maximum Gasteiger partial charge on any atom is 0.220 e. The number of hydrogen-bond acceptors (Lipinski definition) is 3. The van der Waals surface area contributed by atoms with Crippen LogP contribution >= 0.6 is 0 Å². The summed E-state index contributed by atoms with van der Waals surface area (Å²) in [5.74, 6) is 0.190. The van der Waals surface area contributed by atoms with Gasteiger partial charge in [-0.25, -0.2) is 0 Å². The summed E-state index contributed by atoms with van der Waals surface area (Å²) in [6.07, 6.45) is 4.19. The van der Waals surface area contributed by atoms with E-state index in [1.807, 2.05) is 0 Å². The molecule has 0 aromatic rings. The molecule has 1 aliphatic rings. The van der Waals surface area contributed by atoms with E-state index in [0.717, 1.165) is 26.1 Å². The number of nitrogens with zero attached hydrogens (tertiary/aromatic N) is 1. The van der Waals surface area contributed by atoms with E-state index in [0.29, 0.717) is 12.5 Å². The Kier molecular flexibility index (Phi) is 7.21. The SMILES string of the molecule is CC(C)NCCCC(=O)NCCN1CCCC1. The molecule has 0 radical (unpaired) electrons. The van der Waals surface area contributed by atoms with Crippen LogP contribution in [0.2, 0.25) is 0 Å². The van der Waals surface area contributed by atoms with Crippen LogP contribution < -0.4 is 10.6 Å². The lowest BCUT2D eigenvalue weighted by atomic mass is 10.2. The van der Waals surface area contributed by atoms with Crippen molar-refractivity contribution in [1.82, 2.24) is 15.5 Å². The van der Waals surface area contributed by atoms with Crippen LogP contribution in [-0.2, 0) is 4.79 Å². The van der Waals surface area contributed by atoms with Gasteiger partial charge in [-0.15, -0.1) is 0 Å². The number of likely N-dealkylation sites (tertiary alicyclic amines) is 1. The number of carbonyl (C=O) groups excluding carboxylic acids is 1. The van der Waals surface area contributed by atoms with E-state index >= 15 is 0 Å². The molecule has 1 fully saturated rings. The summed E-state index contributed by atoms with van der Waals surface area (Å²) >= 11 is 0. The van der Waals surface area contributed by atoms with E-state index in [2.05, 4.69) is 29.4 Å². The Hall–Kier alpha value is -0.610. The van der Waals surface area contributed by atoms with Crippen LogP contribution in [0.15, 0.2) is 0 Å². The Balaban J connectivity index is 1.90. The van der Waals surface area contributed by atoms with Gasteiger partial charge in [-0.3, -0.25) is 4.79 Å². The van der Waals surface area contributed by atoms with Crippen LogP contribution in [0.5, 0.6) is 0 Å². The van der Waals surface area contributed by atoms with Crippen molar-refractivity contribution in [2.45, 2.75) is 45.6 Å². The molecular formula is C13H27N3O.